The molecule has 0 spiro atoms. The van der Waals surface area contributed by atoms with Gasteiger partial charge in [0.1, 0.15) is 6.04 Å². The van der Waals surface area contributed by atoms with Crippen molar-refractivity contribution in [3.05, 3.63) is 29.8 Å². The lowest BCUT2D eigenvalue weighted by Crippen LogP contribution is -2.30. The second-order valence-electron chi connectivity index (χ2n) is 6.04. The molecule has 0 amide bonds. The molecule has 0 fully saturated rings. The molecule has 1 atom stereocenters. The van der Waals surface area contributed by atoms with E-state index in [4.69, 9.17) is 4.74 Å². The van der Waals surface area contributed by atoms with Crippen molar-refractivity contribution in [2.75, 3.05) is 11.9 Å². The first kappa shape index (κ1) is 12.9. The third kappa shape index (κ3) is 3.25. The minimum atomic E-state index is -0.220. The molecule has 0 bridgehead atoms. The Hall–Kier alpha value is -1.51. The standard InChI is InChI=1S/C15H21NO2/c1-15(2,3)8-9-18-14(17)13-10-11-6-4-5-7-12(11)16-13/h4-7,13,16H,8-10H2,1-3H3/t13-/m0/s1. The summed E-state index contributed by atoms with van der Waals surface area (Å²) in [5, 5.41) is 3.21. The average molecular weight is 247 g/mol. The maximum absolute atomic E-state index is 11.9. The molecule has 1 aromatic carbocycles. The van der Waals surface area contributed by atoms with Gasteiger partial charge in [0.25, 0.3) is 0 Å². The van der Waals surface area contributed by atoms with Crippen LogP contribution >= 0.6 is 0 Å². The zero-order valence-electron chi connectivity index (χ0n) is 11.3. The number of carbonyl (C=O) groups excluding carboxylic acids is 1. The number of anilines is 1. The van der Waals surface area contributed by atoms with Crippen LogP contribution in [0.5, 0.6) is 0 Å². The highest BCUT2D eigenvalue weighted by atomic mass is 16.5. The Morgan fingerprint density at radius 1 is 1.39 bits per heavy atom. The Morgan fingerprint density at radius 2 is 2.11 bits per heavy atom. The van der Waals surface area contributed by atoms with Gasteiger partial charge in [-0.1, -0.05) is 39.0 Å². The third-order valence-corrected chi connectivity index (χ3v) is 3.15. The molecule has 0 radical (unpaired) electrons. The molecule has 0 aliphatic carbocycles. The molecule has 0 aromatic heterocycles. The maximum Gasteiger partial charge on any atom is 0.328 e. The highest BCUT2D eigenvalue weighted by molar-refractivity contribution is 5.82. The van der Waals surface area contributed by atoms with Gasteiger partial charge in [-0.25, -0.2) is 4.79 Å². The van der Waals surface area contributed by atoms with E-state index in [-0.39, 0.29) is 17.4 Å². The number of carbonyl (C=O) groups is 1. The van der Waals surface area contributed by atoms with Gasteiger partial charge in [-0.2, -0.15) is 0 Å². The summed E-state index contributed by atoms with van der Waals surface area (Å²) < 4.78 is 5.33. The van der Waals surface area contributed by atoms with Crippen molar-refractivity contribution in [1.82, 2.24) is 0 Å². The fourth-order valence-corrected chi connectivity index (χ4v) is 2.00. The molecule has 1 aliphatic heterocycles. The van der Waals surface area contributed by atoms with Crippen molar-refractivity contribution < 1.29 is 9.53 Å². The Morgan fingerprint density at radius 3 is 2.78 bits per heavy atom. The van der Waals surface area contributed by atoms with Crippen LogP contribution in [0.2, 0.25) is 0 Å². The summed E-state index contributed by atoms with van der Waals surface area (Å²) in [6, 6.07) is 7.79. The van der Waals surface area contributed by atoms with Crippen LogP contribution in [0.4, 0.5) is 5.69 Å². The highest BCUT2D eigenvalue weighted by Crippen LogP contribution is 2.26. The van der Waals surface area contributed by atoms with Gasteiger partial charge in [0.2, 0.25) is 0 Å². The van der Waals surface area contributed by atoms with Crippen molar-refractivity contribution in [2.24, 2.45) is 5.41 Å². The van der Waals surface area contributed by atoms with Crippen molar-refractivity contribution >= 4 is 11.7 Å². The van der Waals surface area contributed by atoms with Gasteiger partial charge in [0.05, 0.1) is 6.61 Å². The Balaban J connectivity index is 1.83. The molecule has 98 valence electrons. The van der Waals surface area contributed by atoms with Crippen LogP contribution in [-0.2, 0) is 16.0 Å². The summed E-state index contributed by atoms with van der Waals surface area (Å²) in [6.07, 6.45) is 1.61. The van der Waals surface area contributed by atoms with E-state index in [1.807, 2.05) is 24.3 Å². The molecule has 1 heterocycles. The van der Waals surface area contributed by atoms with Crippen molar-refractivity contribution in [2.45, 2.75) is 39.7 Å². The van der Waals surface area contributed by atoms with Gasteiger partial charge in [0, 0.05) is 12.1 Å². The predicted octanol–water partition coefficient (Wildman–Crippen LogP) is 3.00. The molecule has 0 unspecified atom stereocenters. The van der Waals surface area contributed by atoms with Crippen LogP contribution < -0.4 is 5.32 Å². The first-order chi connectivity index (χ1) is 8.46. The number of rotatable bonds is 3. The molecule has 18 heavy (non-hydrogen) atoms. The maximum atomic E-state index is 11.9. The molecule has 1 N–H and O–H groups in total. The SMILES string of the molecule is CC(C)(C)CCOC(=O)[C@@H]1Cc2ccccc2N1. The molecular formula is C15H21NO2. The van der Waals surface area contributed by atoms with Gasteiger partial charge >= 0.3 is 5.97 Å². The lowest BCUT2D eigenvalue weighted by molar-refractivity contribution is -0.145. The summed E-state index contributed by atoms with van der Waals surface area (Å²) in [5.41, 5.74) is 2.44. The van der Waals surface area contributed by atoms with Gasteiger partial charge in [0.15, 0.2) is 0 Å². The fraction of sp³-hybridized carbons (Fsp3) is 0.533. The monoisotopic (exact) mass is 247 g/mol. The number of benzene rings is 1. The minimum absolute atomic E-state index is 0.143. The van der Waals surface area contributed by atoms with E-state index in [2.05, 4.69) is 26.1 Å². The van der Waals surface area contributed by atoms with Crippen LogP contribution in [0.1, 0.15) is 32.8 Å². The Kier molecular flexibility index (Phi) is 3.60. The second kappa shape index (κ2) is 5.01. The van der Waals surface area contributed by atoms with E-state index >= 15 is 0 Å². The average Bonchev–Trinajstić information content (AvgIpc) is 2.70. The number of nitrogens with one attached hydrogen (secondary N) is 1. The summed E-state index contributed by atoms with van der Waals surface area (Å²) in [7, 11) is 0. The summed E-state index contributed by atoms with van der Waals surface area (Å²) >= 11 is 0. The largest absolute Gasteiger partial charge is 0.464 e. The van der Waals surface area contributed by atoms with E-state index in [1.54, 1.807) is 0 Å². The number of hydrogen-bond donors (Lipinski definition) is 1. The van der Waals surface area contributed by atoms with E-state index in [0.717, 1.165) is 18.5 Å². The summed E-state index contributed by atoms with van der Waals surface area (Å²) in [6.45, 7) is 6.93. The topological polar surface area (TPSA) is 38.3 Å². The lowest BCUT2D eigenvalue weighted by atomic mass is 9.93. The van der Waals surface area contributed by atoms with E-state index in [0.29, 0.717) is 6.61 Å². The normalized spacial score (nSPS) is 18.1. The predicted molar refractivity (Wildman–Crippen MR) is 72.6 cm³/mol. The molecule has 0 saturated heterocycles. The van der Waals surface area contributed by atoms with Crippen LogP contribution in [-0.4, -0.2) is 18.6 Å². The van der Waals surface area contributed by atoms with Gasteiger partial charge in [-0.15, -0.1) is 0 Å². The molecule has 1 aromatic rings. The number of hydrogen-bond acceptors (Lipinski definition) is 3. The Labute approximate surface area is 109 Å². The van der Waals surface area contributed by atoms with E-state index < -0.39 is 0 Å². The van der Waals surface area contributed by atoms with Gasteiger partial charge in [-0.3, -0.25) is 0 Å². The number of para-hydroxylation sites is 1. The highest BCUT2D eigenvalue weighted by Gasteiger charge is 2.27. The van der Waals surface area contributed by atoms with Crippen LogP contribution in [0.3, 0.4) is 0 Å². The second-order valence-corrected chi connectivity index (χ2v) is 6.04. The Bertz CT molecular complexity index is 409. The van der Waals surface area contributed by atoms with Crippen LogP contribution in [0.25, 0.3) is 0 Å². The summed E-state index contributed by atoms with van der Waals surface area (Å²) in [4.78, 5) is 11.9. The lowest BCUT2D eigenvalue weighted by Gasteiger charge is -2.18. The van der Waals surface area contributed by atoms with Crippen molar-refractivity contribution in [1.29, 1.82) is 0 Å². The van der Waals surface area contributed by atoms with E-state index in [9.17, 15) is 4.79 Å². The smallest absolute Gasteiger partial charge is 0.328 e. The first-order valence-electron chi connectivity index (χ1n) is 6.47. The molecule has 0 saturated carbocycles. The number of fused-ring (bicyclic) bond motifs is 1. The van der Waals surface area contributed by atoms with Crippen molar-refractivity contribution in [3.8, 4) is 0 Å². The third-order valence-electron chi connectivity index (χ3n) is 3.15. The van der Waals surface area contributed by atoms with Crippen molar-refractivity contribution in [3.63, 3.8) is 0 Å². The van der Waals surface area contributed by atoms with Crippen LogP contribution in [0, 0.1) is 5.41 Å². The zero-order chi connectivity index (χ0) is 13.2. The molecule has 3 heteroatoms. The number of esters is 1. The number of ether oxygens (including phenoxy) is 1. The molecule has 2 rings (SSSR count). The van der Waals surface area contributed by atoms with Gasteiger partial charge in [-0.05, 0) is 23.5 Å². The molecule has 3 nitrogen and oxygen atoms in total. The van der Waals surface area contributed by atoms with E-state index in [1.165, 1.54) is 5.56 Å². The minimum Gasteiger partial charge on any atom is -0.464 e. The zero-order valence-corrected chi connectivity index (χ0v) is 11.3. The molecular weight excluding hydrogens is 226 g/mol. The quantitative estimate of drug-likeness (QED) is 0.834. The van der Waals surface area contributed by atoms with Gasteiger partial charge < -0.3 is 10.1 Å². The molecule has 1 aliphatic rings. The summed E-state index contributed by atoms with van der Waals surface area (Å²) in [5.74, 6) is -0.143. The fourth-order valence-electron chi connectivity index (χ4n) is 2.00. The first-order valence-corrected chi connectivity index (χ1v) is 6.47. The van der Waals surface area contributed by atoms with Crippen LogP contribution in [0.15, 0.2) is 24.3 Å².